The third-order valence-electron chi connectivity index (χ3n) is 2.83. The molecule has 3 nitrogen and oxygen atoms in total. The topological polar surface area (TPSA) is 54.4 Å². The van der Waals surface area contributed by atoms with Crippen LogP contribution in [0.25, 0.3) is 0 Å². The van der Waals surface area contributed by atoms with Gasteiger partial charge in [0.15, 0.2) is 0 Å². The Hall–Kier alpha value is -0.0900. The van der Waals surface area contributed by atoms with Gasteiger partial charge in [0.1, 0.15) is 0 Å². The van der Waals surface area contributed by atoms with E-state index < -0.39 is 14.9 Å². The zero-order chi connectivity index (χ0) is 11.9. The predicted octanol–water partition coefficient (Wildman–Crippen LogP) is 3.40. The molecule has 0 aromatic rings. The van der Waals surface area contributed by atoms with Crippen LogP contribution in [0, 0.1) is 0 Å². The standard InChI is InChI=1S/C11H24O3S/c1-4-5-6-7-8-9-10-11(2,3)15(12,13)14/h4-10H2,1-3H3,(H,12,13,14). The van der Waals surface area contributed by atoms with Gasteiger partial charge in [-0.05, 0) is 20.3 Å². The van der Waals surface area contributed by atoms with Crippen LogP contribution in [0.15, 0.2) is 0 Å². The van der Waals surface area contributed by atoms with Crippen molar-refractivity contribution in [3.8, 4) is 0 Å². The molecule has 0 rings (SSSR count). The lowest BCUT2D eigenvalue weighted by Crippen LogP contribution is -2.31. The fourth-order valence-electron chi connectivity index (χ4n) is 1.46. The molecular weight excluding hydrogens is 212 g/mol. The molecule has 92 valence electrons. The number of hydrogen-bond acceptors (Lipinski definition) is 2. The van der Waals surface area contributed by atoms with Crippen molar-refractivity contribution in [2.24, 2.45) is 0 Å². The van der Waals surface area contributed by atoms with Crippen molar-refractivity contribution in [3.05, 3.63) is 0 Å². The Labute approximate surface area is 94.0 Å². The molecule has 1 N–H and O–H groups in total. The van der Waals surface area contributed by atoms with Gasteiger partial charge >= 0.3 is 0 Å². The number of rotatable bonds is 8. The first-order valence-electron chi connectivity index (χ1n) is 5.78. The molecule has 15 heavy (non-hydrogen) atoms. The minimum absolute atomic E-state index is 0.540. The van der Waals surface area contributed by atoms with E-state index in [1.54, 1.807) is 13.8 Å². The SMILES string of the molecule is CCCCCCCCC(C)(C)S(=O)(=O)O. The summed E-state index contributed by atoms with van der Waals surface area (Å²) in [6.07, 6.45) is 7.32. The second-order valence-corrected chi connectivity index (χ2v) is 6.81. The summed E-state index contributed by atoms with van der Waals surface area (Å²) in [5, 5.41) is 0. The molecule has 0 radical (unpaired) electrons. The summed E-state index contributed by atoms with van der Waals surface area (Å²) < 4.78 is 29.9. The van der Waals surface area contributed by atoms with Crippen LogP contribution < -0.4 is 0 Å². The lowest BCUT2D eigenvalue weighted by molar-refractivity contribution is 0.422. The summed E-state index contributed by atoms with van der Waals surface area (Å²) in [6.45, 7) is 5.32. The fraction of sp³-hybridized carbons (Fsp3) is 1.00. The van der Waals surface area contributed by atoms with E-state index in [0.717, 1.165) is 19.3 Å². The third-order valence-corrected chi connectivity index (χ3v) is 4.43. The molecule has 4 heteroatoms. The van der Waals surface area contributed by atoms with Crippen LogP contribution in [0.2, 0.25) is 0 Å². The van der Waals surface area contributed by atoms with E-state index in [4.69, 9.17) is 4.55 Å². The zero-order valence-corrected chi connectivity index (χ0v) is 10.9. The average molecular weight is 236 g/mol. The Kier molecular flexibility index (Phi) is 6.44. The first-order valence-corrected chi connectivity index (χ1v) is 7.22. The van der Waals surface area contributed by atoms with Crippen molar-refractivity contribution in [2.75, 3.05) is 0 Å². The van der Waals surface area contributed by atoms with Crippen molar-refractivity contribution in [1.82, 2.24) is 0 Å². The largest absolute Gasteiger partial charge is 0.285 e. The minimum Gasteiger partial charge on any atom is -0.285 e. The van der Waals surface area contributed by atoms with Crippen molar-refractivity contribution >= 4 is 10.1 Å². The monoisotopic (exact) mass is 236 g/mol. The smallest absolute Gasteiger partial charge is 0.270 e. The molecule has 0 spiro atoms. The van der Waals surface area contributed by atoms with Crippen LogP contribution in [0.3, 0.4) is 0 Å². The van der Waals surface area contributed by atoms with E-state index in [-0.39, 0.29) is 0 Å². The van der Waals surface area contributed by atoms with Gasteiger partial charge in [-0.2, -0.15) is 8.42 Å². The van der Waals surface area contributed by atoms with E-state index in [1.165, 1.54) is 19.3 Å². The molecule has 0 fully saturated rings. The summed E-state index contributed by atoms with van der Waals surface area (Å²) in [4.78, 5) is 0. The average Bonchev–Trinajstić information content (AvgIpc) is 2.09. The third kappa shape index (κ3) is 6.15. The molecule has 0 heterocycles. The molecule has 0 aromatic carbocycles. The number of hydrogen-bond donors (Lipinski definition) is 1. The molecule has 0 unspecified atom stereocenters. The second-order valence-electron chi connectivity index (χ2n) is 4.75. The lowest BCUT2D eigenvalue weighted by atomic mass is 10.0. The van der Waals surface area contributed by atoms with Gasteiger partial charge < -0.3 is 0 Å². The summed E-state index contributed by atoms with van der Waals surface area (Å²) in [6, 6.07) is 0. The van der Waals surface area contributed by atoms with Crippen LogP contribution in [0.4, 0.5) is 0 Å². The molecule has 0 amide bonds. The first-order chi connectivity index (χ1) is 6.81. The zero-order valence-electron chi connectivity index (χ0n) is 10.1. The van der Waals surface area contributed by atoms with Crippen LogP contribution in [-0.4, -0.2) is 17.7 Å². The molecule has 0 aliphatic rings. The van der Waals surface area contributed by atoms with Gasteiger partial charge in [0.25, 0.3) is 10.1 Å². The van der Waals surface area contributed by atoms with Gasteiger partial charge in [-0.1, -0.05) is 45.4 Å². The van der Waals surface area contributed by atoms with Crippen LogP contribution in [0.1, 0.15) is 65.7 Å². The highest BCUT2D eigenvalue weighted by molar-refractivity contribution is 7.87. The molecule has 0 aliphatic heterocycles. The lowest BCUT2D eigenvalue weighted by Gasteiger charge is -2.20. The fourth-order valence-corrected chi connectivity index (χ4v) is 1.86. The number of unbranched alkanes of at least 4 members (excludes halogenated alkanes) is 5. The maximum Gasteiger partial charge on any atom is 0.270 e. The quantitative estimate of drug-likeness (QED) is 0.519. The highest BCUT2D eigenvalue weighted by Gasteiger charge is 2.31. The van der Waals surface area contributed by atoms with E-state index in [1.807, 2.05) is 0 Å². The molecule has 0 aliphatic carbocycles. The highest BCUT2D eigenvalue weighted by atomic mass is 32.2. The Bertz CT molecular complexity index is 255. The van der Waals surface area contributed by atoms with Gasteiger partial charge in [-0.15, -0.1) is 0 Å². The summed E-state index contributed by atoms with van der Waals surface area (Å²) >= 11 is 0. The maximum atomic E-state index is 11.0. The summed E-state index contributed by atoms with van der Waals surface area (Å²) in [5.74, 6) is 0. The summed E-state index contributed by atoms with van der Waals surface area (Å²) in [7, 11) is -3.90. The van der Waals surface area contributed by atoms with E-state index in [9.17, 15) is 8.42 Å². The van der Waals surface area contributed by atoms with Gasteiger partial charge in [-0.3, -0.25) is 4.55 Å². The van der Waals surface area contributed by atoms with E-state index in [0.29, 0.717) is 6.42 Å². The van der Waals surface area contributed by atoms with Crippen molar-refractivity contribution in [3.63, 3.8) is 0 Å². The normalized spacial score (nSPS) is 13.1. The minimum atomic E-state index is -3.90. The molecule has 0 saturated carbocycles. The predicted molar refractivity (Wildman–Crippen MR) is 63.6 cm³/mol. The molecule has 0 saturated heterocycles. The molecular formula is C11H24O3S. The van der Waals surface area contributed by atoms with Gasteiger partial charge in [-0.25, -0.2) is 0 Å². The Morgan fingerprint density at radius 2 is 1.47 bits per heavy atom. The van der Waals surface area contributed by atoms with Crippen molar-refractivity contribution in [2.45, 2.75) is 70.5 Å². The first kappa shape index (κ1) is 14.9. The Morgan fingerprint density at radius 3 is 1.93 bits per heavy atom. The van der Waals surface area contributed by atoms with Gasteiger partial charge in [0.05, 0.1) is 4.75 Å². The molecule has 0 atom stereocenters. The van der Waals surface area contributed by atoms with Gasteiger partial charge in [0, 0.05) is 0 Å². The highest BCUT2D eigenvalue weighted by Crippen LogP contribution is 2.23. The second kappa shape index (κ2) is 6.48. The maximum absolute atomic E-state index is 11.0. The molecule has 0 bridgehead atoms. The van der Waals surface area contributed by atoms with Crippen LogP contribution in [0.5, 0.6) is 0 Å². The van der Waals surface area contributed by atoms with E-state index >= 15 is 0 Å². The van der Waals surface area contributed by atoms with Crippen LogP contribution >= 0.6 is 0 Å². The molecule has 0 aromatic heterocycles. The summed E-state index contributed by atoms with van der Waals surface area (Å²) in [5.41, 5.74) is 0. The Balaban J connectivity index is 3.68. The Morgan fingerprint density at radius 1 is 1.00 bits per heavy atom. The van der Waals surface area contributed by atoms with E-state index in [2.05, 4.69) is 6.92 Å². The van der Waals surface area contributed by atoms with Crippen molar-refractivity contribution in [1.29, 1.82) is 0 Å². The van der Waals surface area contributed by atoms with Gasteiger partial charge in [0.2, 0.25) is 0 Å². The van der Waals surface area contributed by atoms with Crippen molar-refractivity contribution < 1.29 is 13.0 Å². The van der Waals surface area contributed by atoms with Crippen LogP contribution in [-0.2, 0) is 10.1 Å².